The third-order valence-electron chi connectivity index (χ3n) is 19.5. The maximum Gasteiger partial charge on any atom is 0.410 e. The van der Waals surface area contributed by atoms with E-state index in [-0.39, 0.29) is 130 Å². The second-order valence-electron chi connectivity index (χ2n) is 27.7. The number of aliphatic hydroxyl groups is 1. The first-order valence-corrected chi connectivity index (χ1v) is 34.6. The van der Waals surface area contributed by atoms with Crippen molar-refractivity contribution < 1.29 is 80.4 Å². The summed E-state index contributed by atoms with van der Waals surface area (Å²) in [6.45, 7) is 18.5. The van der Waals surface area contributed by atoms with Gasteiger partial charge in [-0.05, 0) is 91.4 Å². The summed E-state index contributed by atoms with van der Waals surface area (Å²) in [5, 5.41) is 18.8. The molecule has 2 aromatic rings. The molecular formula is C72H111F3N8O14. The number of likely N-dealkylation sites (tertiary alicyclic amines) is 2. The maximum atomic E-state index is 14.9. The molecule has 2 aromatic carbocycles. The number of imide groups is 1. The number of ketones is 3. The highest BCUT2D eigenvalue weighted by molar-refractivity contribution is 6.02. The summed E-state index contributed by atoms with van der Waals surface area (Å²) in [5.74, 6) is -7.10. The van der Waals surface area contributed by atoms with Crippen molar-refractivity contribution in [2.45, 2.75) is 227 Å². The summed E-state index contributed by atoms with van der Waals surface area (Å²) in [6.07, 6.45) is -5.49. The number of likely N-dealkylation sites (N-methyl/N-ethyl adjacent to an activating group) is 2. The third kappa shape index (κ3) is 24.5. The molecule has 6 N–H and O–H groups in total. The Morgan fingerprint density at radius 1 is 0.732 bits per heavy atom. The summed E-state index contributed by atoms with van der Waals surface area (Å²) in [4.78, 5) is 141. The Balaban J connectivity index is 1.40. The van der Waals surface area contributed by atoms with Crippen molar-refractivity contribution in [2.75, 3.05) is 53.3 Å². The van der Waals surface area contributed by atoms with Crippen LogP contribution in [0.4, 0.5) is 28.4 Å². The van der Waals surface area contributed by atoms with Crippen molar-refractivity contribution >= 4 is 64.7 Å². The average Bonchev–Trinajstić information content (AvgIpc) is 1.80. The van der Waals surface area contributed by atoms with Crippen LogP contribution in [0.15, 0.2) is 54.6 Å². The van der Waals surface area contributed by atoms with Gasteiger partial charge in [0.1, 0.15) is 18.4 Å². The highest BCUT2D eigenvalue weighted by Gasteiger charge is 2.45. The molecule has 0 aromatic heterocycles. The molecule has 2 heterocycles. The number of rotatable bonds is 42. The number of halogens is 3. The van der Waals surface area contributed by atoms with Crippen LogP contribution in [0.3, 0.4) is 0 Å². The maximum absolute atomic E-state index is 14.9. The Hall–Kier alpha value is -6.83. The Kier molecular flexibility index (Phi) is 33.8. The van der Waals surface area contributed by atoms with E-state index in [9.17, 15) is 66.2 Å². The lowest BCUT2D eigenvalue weighted by Gasteiger charge is -2.41. The van der Waals surface area contributed by atoms with Crippen LogP contribution in [0.25, 0.3) is 0 Å². The highest BCUT2D eigenvalue weighted by atomic mass is 19.4. The van der Waals surface area contributed by atoms with Gasteiger partial charge in [-0.15, -0.1) is 0 Å². The molecule has 25 heteroatoms. The summed E-state index contributed by atoms with van der Waals surface area (Å²) >= 11 is 0. The Labute approximate surface area is 572 Å². The monoisotopic (exact) mass is 1370 g/mol. The minimum Gasteiger partial charge on any atom is -0.445 e. The number of hydrogen-bond donors (Lipinski definition) is 5. The minimum absolute atomic E-state index is 0.0613. The zero-order chi connectivity index (χ0) is 72.6. The van der Waals surface area contributed by atoms with E-state index >= 15 is 0 Å². The molecule has 13 unspecified atom stereocenters. The SMILES string of the molecule is CCC(C)C(C(CC(=O)N1CCCC1C(OC)C(C)C(=O)CC(C)C(O)c1ccccc1)OC)N(C)C(=O)C(CC(=O)C(C(C)C)N(C)C(=O)OCc1ccc(NC(=O)C(CCCNC(N)=O)CC(=O)C(NC(CCCCCN2C(=O)CCC2=O)C(F)(F)F)C(C)C)cc1)C(C)C. The molecule has 2 fully saturated rings. The number of hydrogen-bond acceptors (Lipinski definition) is 15. The van der Waals surface area contributed by atoms with Crippen LogP contribution in [0, 0.1) is 47.3 Å². The molecule has 0 saturated carbocycles. The van der Waals surface area contributed by atoms with Crippen LogP contribution in [0.2, 0.25) is 0 Å². The standard InChI is InChI=1S/C72H111F3N8O14/c1-15-46(8)65(58(95-13)41-62(89)82-37-23-27-54(82)67(96-14)48(10)55(84)38-47(9)66(90)50-24-18-16-19-25-50)80(11)69(92)53(43(2)3)40-57(86)64(45(6)7)81(12)71(94)97-42-49-29-31-52(32-30-49)78-68(91)51(26-22-35-77-70(76)93)39-56(85)63(44(4)5)79-59(72(73,74)75)28-20-17-21-36-83-60(87)33-34-61(83)88/h16,18-19,24-25,29-32,43-48,51,53-54,58-59,63-67,79,90H,15,17,20-23,26-28,33-42H2,1-14H3,(H,78,91)(H3,76,77,93). The number of unbranched alkanes of at least 4 members (excludes halogenated alkanes) is 2. The van der Waals surface area contributed by atoms with Gasteiger partial charge in [0, 0.05) is 103 Å². The Morgan fingerprint density at radius 3 is 1.93 bits per heavy atom. The molecule has 22 nitrogen and oxygen atoms in total. The number of primary amides is 1. The van der Waals surface area contributed by atoms with Crippen LogP contribution in [0.5, 0.6) is 0 Å². The topological polar surface area (TPSA) is 294 Å². The number of amides is 8. The summed E-state index contributed by atoms with van der Waals surface area (Å²) < 4.78 is 61.3. The van der Waals surface area contributed by atoms with Gasteiger partial charge >= 0.3 is 18.3 Å². The van der Waals surface area contributed by atoms with Gasteiger partial charge in [-0.25, -0.2) is 9.59 Å². The van der Waals surface area contributed by atoms with Crippen molar-refractivity contribution in [3.8, 4) is 0 Å². The van der Waals surface area contributed by atoms with Crippen molar-refractivity contribution in [2.24, 2.45) is 53.1 Å². The lowest BCUT2D eigenvalue weighted by molar-refractivity contribution is -0.161. The first-order chi connectivity index (χ1) is 45.7. The highest BCUT2D eigenvalue weighted by Crippen LogP contribution is 2.34. The van der Waals surface area contributed by atoms with E-state index in [0.717, 1.165) is 10.5 Å². The predicted molar refractivity (Wildman–Crippen MR) is 362 cm³/mol. The Bertz CT molecular complexity index is 2880. The van der Waals surface area contributed by atoms with Gasteiger partial charge in [-0.1, -0.05) is 131 Å². The number of ether oxygens (including phenoxy) is 3. The largest absolute Gasteiger partial charge is 0.445 e. The van der Waals surface area contributed by atoms with Crippen LogP contribution in [-0.2, 0) is 59.2 Å². The molecule has 0 aliphatic carbocycles. The number of aliphatic hydroxyl groups excluding tert-OH is 1. The molecule has 0 bridgehead atoms. The van der Waals surface area contributed by atoms with Gasteiger partial charge in [0.15, 0.2) is 11.6 Å². The zero-order valence-corrected chi connectivity index (χ0v) is 59.6. The number of nitrogens with zero attached hydrogens (tertiary/aromatic N) is 4. The van der Waals surface area contributed by atoms with Crippen LogP contribution in [0.1, 0.15) is 183 Å². The minimum atomic E-state index is -4.72. The second-order valence-corrected chi connectivity index (χ2v) is 27.7. The number of Topliss-reactive ketones (excluding diaryl/α,β-unsaturated/α-hetero) is 3. The van der Waals surface area contributed by atoms with Crippen molar-refractivity contribution in [3.63, 3.8) is 0 Å². The lowest BCUT2D eigenvalue weighted by Crippen LogP contribution is -2.54. The van der Waals surface area contributed by atoms with E-state index in [1.807, 2.05) is 65.0 Å². The number of anilines is 1. The first kappa shape index (κ1) is 82.6. The number of methoxy groups -OCH3 is 2. The van der Waals surface area contributed by atoms with Crippen molar-refractivity contribution in [1.29, 1.82) is 0 Å². The van der Waals surface area contributed by atoms with E-state index in [1.54, 1.807) is 82.8 Å². The molecule has 0 radical (unpaired) electrons. The molecular weight excluding hydrogens is 1260 g/mol. The van der Waals surface area contributed by atoms with Gasteiger partial charge in [0.25, 0.3) is 0 Å². The number of benzene rings is 2. The molecule has 544 valence electrons. The molecule has 2 aliphatic rings. The quantitative estimate of drug-likeness (QED) is 0.0305. The predicted octanol–water partition coefficient (Wildman–Crippen LogP) is 9.98. The summed E-state index contributed by atoms with van der Waals surface area (Å²) in [6, 6.07) is 9.32. The van der Waals surface area contributed by atoms with E-state index in [1.165, 1.54) is 19.1 Å². The molecule has 2 saturated heterocycles. The number of urea groups is 1. The van der Waals surface area contributed by atoms with Gasteiger partial charge in [0.05, 0.1) is 48.9 Å². The van der Waals surface area contributed by atoms with Gasteiger partial charge in [-0.2, -0.15) is 13.2 Å². The summed E-state index contributed by atoms with van der Waals surface area (Å²) in [5.41, 5.74) is 6.76. The van der Waals surface area contributed by atoms with Gasteiger partial charge < -0.3 is 50.4 Å². The molecule has 8 amide bonds. The first-order valence-electron chi connectivity index (χ1n) is 34.6. The second kappa shape index (κ2) is 39.7. The molecule has 0 spiro atoms. The smallest absolute Gasteiger partial charge is 0.410 e. The van der Waals surface area contributed by atoms with Crippen molar-refractivity contribution in [1.82, 2.24) is 30.2 Å². The fraction of sp³-hybridized carbons (Fsp3) is 0.694. The number of carbonyl (C=O) groups is 10. The van der Waals surface area contributed by atoms with Crippen LogP contribution in [-0.4, -0.2) is 180 Å². The third-order valence-corrected chi connectivity index (χ3v) is 19.5. The fourth-order valence-corrected chi connectivity index (χ4v) is 13.6. The molecule has 2 aliphatic heterocycles. The number of nitrogens with one attached hydrogen (secondary N) is 3. The number of carbonyl (C=O) groups excluding carboxylic acids is 10. The van der Waals surface area contributed by atoms with Crippen LogP contribution < -0.4 is 21.7 Å². The van der Waals surface area contributed by atoms with Gasteiger partial charge in [-0.3, -0.25) is 48.6 Å². The zero-order valence-electron chi connectivity index (χ0n) is 59.6. The van der Waals surface area contributed by atoms with Crippen LogP contribution >= 0.6 is 0 Å². The normalized spacial score (nSPS) is 18.1. The number of alkyl halides is 3. The fourth-order valence-electron chi connectivity index (χ4n) is 13.6. The lowest BCUT2D eigenvalue weighted by atomic mass is 9.83. The molecule has 13 atom stereocenters. The van der Waals surface area contributed by atoms with Crippen molar-refractivity contribution in [3.05, 3.63) is 65.7 Å². The summed E-state index contributed by atoms with van der Waals surface area (Å²) in [7, 11) is 6.17. The number of nitrogens with two attached hydrogens (primary N) is 1. The van der Waals surface area contributed by atoms with E-state index in [4.69, 9.17) is 19.9 Å². The van der Waals surface area contributed by atoms with Gasteiger partial charge in [0.2, 0.25) is 29.5 Å². The van der Waals surface area contributed by atoms with E-state index in [0.29, 0.717) is 49.9 Å². The van der Waals surface area contributed by atoms with E-state index in [2.05, 4.69) is 16.0 Å². The molecule has 4 rings (SSSR count). The Morgan fingerprint density at radius 2 is 1.37 bits per heavy atom. The van der Waals surface area contributed by atoms with E-state index < -0.39 is 115 Å². The average molecular weight is 1370 g/mol. The molecule has 97 heavy (non-hydrogen) atoms.